The minimum absolute atomic E-state index is 0.256. The summed E-state index contributed by atoms with van der Waals surface area (Å²) in [6.45, 7) is 6.79. The zero-order valence-electron chi connectivity index (χ0n) is 19.1. The van der Waals surface area contributed by atoms with E-state index in [-0.39, 0.29) is 13.1 Å². The Hall–Kier alpha value is -2.98. The molecule has 3 aromatic rings. The topological polar surface area (TPSA) is 66.4 Å². The van der Waals surface area contributed by atoms with Crippen LogP contribution < -0.4 is 4.90 Å². The van der Waals surface area contributed by atoms with Crippen molar-refractivity contribution in [2.24, 2.45) is 0 Å². The average Bonchev–Trinajstić information content (AvgIpc) is 2.78. The van der Waals surface area contributed by atoms with E-state index in [1.807, 2.05) is 24.0 Å². The van der Waals surface area contributed by atoms with Crippen LogP contribution in [0.15, 0.2) is 53.6 Å². The molecule has 0 saturated carbocycles. The van der Waals surface area contributed by atoms with Gasteiger partial charge in [0.2, 0.25) is 16.0 Å². The zero-order valence-corrected chi connectivity index (χ0v) is 19.9. The minimum atomic E-state index is -4.44. The molecule has 2 heterocycles. The normalized spacial score (nSPS) is 15.5. The molecule has 0 unspecified atom stereocenters. The first kappa shape index (κ1) is 24.2. The number of aromatic nitrogens is 2. The lowest BCUT2D eigenvalue weighted by atomic mass is 10.1. The van der Waals surface area contributed by atoms with Gasteiger partial charge >= 0.3 is 6.18 Å². The number of sulfonamides is 1. The fourth-order valence-electron chi connectivity index (χ4n) is 4.35. The van der Waals surface area contributed by atoms with Gasteiger partial charge in [-0.3, -0.25) is 0 Å². The van der Waals surface area contributed by atoms with Crippen molar-refractivity contribution in [1.29, 1.82) is 0 Å². The number of hydrogen-bond acceptors (Lipinski definition) is 5. The lowest BCUT2D eigenvalue weighted by Crippen LogP contribution is -2.49. The second-order valence-corrected chi connectivity index (χ2v) is 10.3. The third-order valence-electron chi connectivity index (χ3n) is 5.85. The third-order valence-corrected chi connectivity index (χ3v) is 8.06. The molecule has 180 valence electrons. The molecule has 34 heavy (non-hydrogen) atoms. The summed E-state index contributed by atoms with van der Waals surface area (Å²) < 4.78 is 67.4. The maximum Gasteiger partial charge on any atom is 0.416 e. The largest absolute Gasteiger partial charge is 0.416 e. The molecule has 2 aromatic carbocycles. The van der Waals surface area contributed by atoms with Crippen molar-refractivity contribution >= 4 is 16.0 Å². The van der Waals surface area contributed by atoms with Gasteiger partial charge in [-0.05, 0) is 50.1 Å². The molecule has 0 bridgehead atoms. The number of anilines is 1. The fraction of sp³-hybridized carbons (Fsp3) is 0.333. The number of aryl methyl sites for hydroxylation is 3. The van der Waals surface area contributed by atoms with E-state index in [4.69, 9.17) is 0 Å². The van der Waals surface area contributed by atoms with Crippen molar-refractivity contribution in [3.63, 3.8) is 0 Å². The van der Waals surface area contributed by atoms with Crippen LogP contribution in [0.3, 0.4) is 0 Å². The SMILES string of the molecule is Cc1cc(C)c(S(=O)(=O)N2CCN(c3nccc(-c4cccc(C(F)(F)F)c4)n3)CC2)c(C)c1. The summed E-state index contributed by atoms with van der Waals surface area (Å²) >= 11 is 0. The Balaban J connectivity index is 1.53. The van der Waals surface area contributed by atoms with Gasteiger partial charge in [0, 0.05) is 37.9 Å². The number of alkyl halides is 3. The summed E-state index contributed by atoms with van der Waals surface area (Å²) in [6.07, 6.45) is -2.94. The van der Waals surface area contributed by atoms with Crippen LogP contribution in [0, 0.1) is 20.8 Å². The highest BCUT2D eigenvalue weighted by Gasteiger charge is 2.32. The molecule has 0 atom stereocenters. The van der Waals surface area contributed by atoms with Crippen LogP contribution in [-0.2, 0) is 16.2 Å². The molecular weight excluding hydrogens is 465 g/mol. The van der Waals surface area contributed by atoms with E-state index in [0.29, 0.717) is 35.2 Å². The van der Waals surface area contributed by atoms with Crippen molar-refractivity contribution in [3.8, 4) is 11.3 Å². The number of hydrogen-bond donors (Lipinski definition) is 0. The van der Waals surface area contributed by atoms with E-state index in [1.165, 1.54) is 16.6 Å². The number of nitrogens with zero attached hydrogens (tertiary/aromatic N) is 4. The predicted octanol–water partition coefficient (Wildman–Crippen LogP) is 4.60. The van der Waals surface area contributed by atoms with Crippen LogP contribution in [0.5, 0.6) is 0 Å². The summed E-state index contributed by atoms with van der Waals surface area (Å²) in [7, 11) is -3.66. The fourth-order valence-corrected chi connectivity index (χ4v) is 6.18. The molecule has 10 heteroatoms. The summed E-state index contributed by atoms with van der Waals surface area (Å²) in [5.41, 5.74) is 2.42. The van der Waals surface area contributed by atoms with Crippen LogP contribution >= 0.6 is 0 Å². The highest BCUT2D eigenvalue weighted by atomic mass is 32.2. The highest BCUT2D eigenvalue weighted by molar-refractivity contribution is 7.89. The van der Waals surface area contributed by atoms with Crippen LogP contribution in [0.25, 0.3) is 11.3 Å². The van der Waals surface area contributed by atoms with Gasteiger partial charge in [0.15, 0.2) is 0 Å². The van der Waals surface area contributed by atoms with Crippen molar-refractivity contribution < 1.29 is 21.6 Å². The van der Waals surface area contributed by atoms with Gasteiger partial charge in [0.25, 0.3) is 0 Å². The van der Waals surface area contributed by atoms with Crippen molar-refractivity contribution in [2.75, 3.05) is 31.1 Å². The average molecular weight is 491 g/mol. The molecule has 0 spiro atoms. The second kappa shape index (κ2) is 8.99. The monoisotopic (exact) mass is 490 g/mol. The van der Waals surface area contributed by atoms with E-state index in [2.05, 4.69) is 9.97 Å². The van der Waals surface area contributed by atoms with Gasteiger partial charge < -0.3 is 4.90 Å². The van der Waals surface area contributed by atoms with Gasteiger partial charge in [0.05, 0.1) is 16.2 Å². The second-order valence-electron chi connectivity index (χ2n) is 8.44. The molecule has 0 N–H and O–H groups in total. The minimum Gasteiger partial charge on any atom is -0.338 e. The molecular formula is C24H25F3N4O2S. The first-order valence-corrected chi connectivity index (χ1v) is 12.2. The first-order valence-electron chi connectivity index (χ1n) is 10.8. The van der Waals surface area contributed by atoms with Crippen LogP contribution in [-0.4, -0.2) is 48.9 Å². The quantitative estimate of drug-likeness (QED) is 0.535. The van der Waals surface area contributed by atoms with Crippen molar-refractivity contribution in [1.82, 2.24) is 14.3 Å². The molecule has 1 aliphatic heterocycles. The summed E-state index contributed by atoms with van der Waals surface area (Å²) in [5, 5.41) is 0. The third kappa shape index (κ3) is 4.78. The molecule has 4 rings (SSSR count). The molecule has 6 nitrogen and oxygen atoms in total. The number of benzene rings is 2. The van der Waals surface area contributed by atoms with Crippen molar-refractivity contribution in [3.05, 3.63) is 70.9 Å². The Labute approximate surface area is 197 Å². The highest BCUT2D eigenvalue weighted by Crippen LogP contribution is 2.32. The van der Waals surface area contributed by atoms with E-state index >= 15 is 0 Å². The van der Waals surface area contributed by atoms with Crippen LogP contribution in [0.2, 0.25) is 0 Å². The summed E-state index contributed by atoms with van der Waals surface area (Å²) in [6, 6.07) is 10.3. The lowest BCUT2D eigenvalue weighted by molar-refractivity contribution is -0.137. The van der Waals surface area contributed by atoms with E-state index in [9.17, 15) is 21.6 Å². The van der Waals surface area contributed by atoms with Crippen LogP contribution in [0.4, 0.5) is 19.1 Å². The van der Waals surface area contributed by atoms with E-state index < -0.39 is 21.8 Å². The summed E-state index contributed by atoms with van der Waals surface area (Å²) in [5.74, 6) is 0.356. The number of halogens is 3. The van der Waals surface area contributed by atoms with Gasteiger partial charge in [-0.25, -0.2) is 18.4 Å². The van der Waals surface area contributed by atoms with Crippen LogP contribution in [0.1, 0.15) is 22.3 Å². The predicted molar refractivity (Wildman–Crippen MR) is 124 cm³/mol. The molecule has 0 radical (unpaired) electrons. The zero-order chi connectivity index (χ0) is 24.7. The number of rotatable bonds is 4. The molecule has 1 saturated heterocycles. The Morgan fingerprint density at radius 1 is 0.912 bits per heavy atom. The molecule has 1 aliphatic rings. The maximum absolute atomic E-state index is 13.3. The Bertz CT molecular complexity index is 1290. The van der Waals surface area contributed by atoms with Gasteiger partial charge in [-0.2, -0.15) is 17.5 Å². The van der Waals surface area contributed by atoms with Gasteiger partial charge in [-0.1, -0.05) is 29.8 Å². The van der Waals surface area contributed by atoms with Crippen molar-refractivity contribution in [2.45, 2.75) is 31.8 Å². The lowest BCUT2D eigenvalue weighted by Gasteiger charge is -2.34. The molecule has 1 fully saturated rings. The van der Waals surface area contributed by atoms with Gasteiger partial charge in [-0.15, -0.1) is 0 Å². The number of piperazine rings is 1. The molecule has 0 amide bonds. The Morgan fingerprint density at radius 3 is 2.18 bits per heavy atom. The van der Waals surface area contributed by atoms with Gasteiger partial charge in [0.1, 0.15) is 0 Å². The Morgan fingerprint density at radius 2 is 1.56 bits per heavy atom. The standard InChI is InChI=1S/C24H25F3N4O2S/c1-16-13-17(2)22(18(3)14-16)34(32,33)31-11-9-30(10-12-31)23-28-8-7-21(29-23)19-5-4-6-20(15-19)24(25,26)27/h4-8,13-15H,9-12H2,1-3H3. The maximum atomic E-state index is 13.3. The first-order chi connectivity index (χ1) is 16.0. The smallest absolute Gasteiger partial charge is 0.338 e. The Kier molecular flexibility index (Phi) is 6.39. The van der Waals surface area contributed by atoms with E-state index in [0.717, 1.165) is 28.8 Å². The molecule has 1 aromatic heterocycles. The summed E-state index contributed by atoms with van der Waals surface area (Å²) in [4.78, 5) is 10.9. The van der Waals surface area contributed by atoms with E-state index in [1.54, 1.807) is 26.0 Å². The molecule has 0 aliphatic carbocycles.